The fourth-order valence-corrected chi connectivity index (χ4v) is 4.17. The predicted molar refractivity (Wildman–Crippen MR) is 122 cm³/mol. The van der Waals surface area contributed by atoms with Gasteiger partial charge in [0.2, 0.25) is 0 Å². The lowest BCUT2D eigenvalue weighted by molar-refractivity contribution is 0.0899. The van der Waals surface area contributed by atoms with Crippen molar-refractivity contribution in [2.75, 3.05) is 6.61 Å². The van der Waals surface area contributed by atoms with E-state index in [9.17, 15) is 0 Å². The van der Waals surface area contributed by atoms with Crippen LogP contribution in [-0.2, 0) is 11.5 Å². The Balaban J connectivity index is 1.78. The van der Waals surface area contributed by atoms with Gasteiger partial charge in [0.25, 0.3) is 0 Å². The van der Waals surface area contributed by atoms with Crippen LogP contribution in [0.2, 0.25) is 25.7 Å². The number of nitrogens with zero attached hydrogens (tertiary/aromatic N) is 7. The molecular weight excluding hydrogens is 406 g/mol. The van der Waals surface area contributed by atoms with E-state index < -0.39 is 8.07 Å². The molecule has 0 fully saturated rings. The minimum absolute atomic E-state index is 0.0229. The van der Waals surface area contributed by atoms with E-state index >= 15 is 0 Å². The first-order chi connectivity index (χ1) is 14.9. The minimum atomic E-state index is -1.12. The van der Waals surface area contributed by atoms with E-state index in [0.29, 0.717) is 32.4 Å². The molecule has 9 heteroatoms. The highest BCUT2D eigenvalue weighted by Crippen LogP contribution is 2.28. The van der Waals surface area contributed by atoms with Gasteiger partial charge in [-0.15, -0.1) is 0 Å². The van der Waals surface area contributed by atoms with Gasteiger partial charge in [0, 0.05) is 50.9 Å². The summed E-state index contributed by atoms with van der Waals surface area (Å²) in [5.74, 6) is 0. The Morgan fingerprint density at radius 3 is 2.55 bits per heavy atom. The Bertz CT molecular complexity index is 1070. The van der Waals surface area contributed by atoms with E-state index in [1.54, 1.807) is 12.5 Å². The number of hydrogen-bond acceptors (Lipinski definition) is 6. The third-order valence-corrected chi connectivity index (χ3v) is 6.91. The van der Waals surface area contributed by atoms with Crippen LogP contribution in [0.5, 0.6) is 0 Å². The van der Waals surface area contributed by atoms with Gasteiger partial charge < -0.3 is 9.30 Å². The summed E-state index contributed by atoms with van der Waals surface area (Å²) in [6.07, 6.45) is 9.49. The lowest BCUT2D eigenvalue weighted by Gasteiger charge is -2.15. The molecule has 3 rings (SSSR count). The maximum absolute atomic E-state index is 8.94. The zero-order valence-electron chi connectivity index (χ0n) is 18.5. The molecule has 0 saturated heterocycles. The van der Waals surface area contributed by atoms with Gasteiger partial charge in [-0.25, -0.2) is 9.97 Å². The average molecular weight is 436 g/mol. The van der Waals surface area contributed by atoms with Crippen molar-refractivity contribution in [2.24, 2.45) is 0 Å². The first-order valence-electron chi connectivity index (χ1n) is 10.6. The van der Waals surface area contributed by atoms with Crippen LogP contribution in [0.25, 0.3) is 22.3 Å². The number of fused-ring (bicyclic) bond motifs is 1. The number of rotatable bonds is 11. The van der Waals surface area contributed by atoms with Crippen molar-refractivity contribution < 1.29 is 4.74 Å². The van der Waals surface area contributed by atoms with Gasteiger partial charge in [0.15, 0.2) is 0 Å². The fraction of sp³-hybridized carbons (Fsp3) is 0.500. The highest BCUT2D eigenvalue weighted by atomic mass is 28.3. The lowest BCUT2D eigenvalue weighted by atomic mass is 10.1. The van der Waals surface area contributed by atoms with Crippen LogP contribution in [0.3, 0.4) is 0 Å². The van der Waals surface area contributed by atoms with E-state index in [-0.39, 0.29) is 6.04 Å². The van der Waals surface area contributed by atoms with Crippen molar-refractivity contribution >= 4 is 19.1 Å². The summed E-state index contributed by atoms with van der Waals surface area (Å²) in [5, 5.41) is 23.3. The second-order valence-electron chi connectivity index (χ2n) is 8.85. The van der Waals surface area contributed by atoms with E-state index in [1.165, 1.54) is 0 Å². The molecule has 0 atom stereocenters. The maximum atomic E-state index is 8.94. The molecule has 0 spiro atoms. The molecule has 0 aliphatic carbocycles. The Kier molecular flexibility index (Phi) is 7.56. The van der Waals surface area contributed by atoms with Crippen molar-refractivity contribution in [1.82, 2.24) is 24.3 Å². The minimum Gasteiger partial charge on any atom is -0.361 e. The maximum Gasteiger partial charge on any atom is 0.145 e. The Hall–Kier alpha value is -3.01. The van der Waals surface area contributed by atoms with Crippen molar-refractivity contribution in [3.05, 3.63) is 31.0 Å². The Morgan fingerprint density at radius 1 is 1.13 bits per heavy atom. The average Bonchev–Trinajstić information content (AvgIpc) is 3.38. The van der Waals surface area contributed by atoms with Gasteiger partial charge in [-0.2, -0.15) is 15.6 Å². The molecule has 0 saturated carbocycles. The third-order valence-electron chi connectivity index (χ3n) is 5.21. The van der Waals surface area contributed by atoms with Crippen LogP contribution >= 0.6 is 0 Å². The number of hydrogen-bond donors (Lipinski definition) is 0. The molecule has 0 aliphatic heterocycles. The van der Waals surface area contributed by atoms with E-state index in [1.807, 2.05) is 27.7 Å². The standard InChI is InChI=1S/C22H29N7OSi/c1-31(2,3)13-12-30-17-28-11-8-20-21(25-16-26-22(20)28)18-14-27-29(15-18)19(6-4-9-23)7-5-10-24/h8,11,14-16,19H,4-7,12-13,17H2,1-3H3. The molecule has 31 heavy (non-hydrogen) atoms. The quantitative estimate of drug-likeness (QED) is 0.318. The summed E-state index contributed by atoms with van der Waals surface area (Å²) in [7, 11) is -1.12. The van der Waals surface area contributed by atoms with Gasteiger partial charge in [-0.05, 0) is 25.0 Å². The van der Waals surface area contributed by atoms with Gasteiger partial charge in [0.1, 0.15) is 18.7 Å². The van der Waals surface area contributed by atoms with Crippen LogP contribution in [0, 0.1) is 22.7 Å². The zero-order valence-corrected chi connectivity index (χ0v) is 19.5. The summed E-state index contributed by atoms with van der Waals surface area (Å²) in [5.41, 5.74) is 2.54. The fourth-order valence-electron chi connectivity index (χ4n) is 3.41. The summed E-state index contributed by atoms with van der Waals surface area (Å²) in [6.45, 7) is 8.24. The smallest absolute Gasteiger partial charge is 0.145 e. The molecule has 162 valence electrons. The number of nitriles is 2. The Morgan fingerprint density at radius 2 is 1.87 bits per heavy atom. The molecule has 3 aromatic rings. The summed E-state index contributed by atoms with van der Waals surface area (Å²) < 4.78 is 9.74. The molecule has 3 heterocycles. The molecule has 0 radical (unpaired) electrons. The normalized spacial score (nSPS) is 11.7. The van der Waals surface area contributed by atoms with Crippen LogP contribution in [0.4, 0.5) is 0 Å². The van der Waals surface area contributed by atoms with Crippen molar-refractivity contribution in [1.29, 1.82) is 10.5 Å². The van der Waals surface area contributed by atoms with E-state index in [0.717, 1.165) is 34.9 Å². The molecule has 0 N–H and O–H groups in total. The van der Waals surface area contributed by atoms with Crippen molar-refractivity contribution in [2.45, 2.75) is 64.1 Å². The highest BCUT2D eigenvalue weighted by molar-refractivity contribution is 6.76. The van der Waals surface area contributed by atoms with Crippen LogP contribution in [0.1, 0.15) is 31.7 Å². The van der Waals surface area contributed by atoms with Crippen molar-refractivity contribution in [3.63, 3.8) is 0 Å². The molecule has 3 aromatic heterocycles. The topological polar surface area (TPSA) is 105 Å². The van der Waals surface area contributed by atoms with Crippen LogP contribution in [0.15, 0.2) is 31.0 Å². The van der Waals surface area contributed by atoms with Gasteiger partial charge in [0.05, 0.1) is 30.1 Å². The molecule has 8 nitrogen and oxygen atoms in total. The lowest BCUT2D eigenvalue weighted by Crippen LogP contribution is -2.22. The number of aromatic nitrogens is 5. The van der Waals surface area contributed by atoms with Crippen molar-refractivity contribution in [3.8, 4) is 23.4 Å². The summed E-state index contributed by atoms with van der Waals surface area (Å²) >= 11 is 0. The van der Waals surface area contributed by atoms with Crippen LogP contribution < -0.4 is 0 Å². The van der Waals surface area contributed by atoms with Gasteiger partial charge in [-0.3, -0.25) is 4.68 Å². The zero-order chi connectivity index (χ0) is 22.3. The molecule has 0 aliphatic rings. The highest BCUT2D eigenvalue weighted by Gasteiger charge is 2.16. The molecule has 0 bridgehead atoms. The van der Waals surface area contributed by atoms with E-state index in [4.69, 9.17) is 15.3 Å². The molecular formula is C22H29N7OSi. The SMILES string of the molecule is C[Si](C)(C)CCOCn1ccc2c(-c3cnn(C(CCC#N)CCC#N)c3)ncnc21. The predicted octanol–water partition coefficient (Wildman–Crippen LogP) is 4.76. The first kappa shape index (κ1) is 22.7. The first-order valence-corrected chi connectivity index (χ1v) is 14.3. The largest absolute Gasteiger partial charge is 0.361 e. The van der Waals surface area contributed by atoms with Crippen LogP contribution in [-0.4, -0.2) is 39.0 Å². The summed E-state index contributed by atoms with van der Waals surface area (Å²) in [4.78, 5) is 8.96. The monoisotopic (exact) mass is 435 g/mol. The Labute approximate surface area is 184 Å². The molecule has 0 amide bonds. The van der Waals surface area contributed by atoms with E-state index in [2.05, 4.69) is 46.8 Å². The summed E-state index contributed by atoms with van der Waals surface area (Å²) in [6, 6.07) is 7.52. The second-order valence-corrected chi connectivity index (χ2v) is 14.5. The van der Waals surface area contributed by atoms with Gasteiger partial charge >= 0.3 is 0 Å². The second kappa shape index (κ2) is 10.3. The number of ether oxygens (including phenoxy) is 1. The van der Waals surface area contributed by atoms with Gasteiger partial charge in [-0.1, -0.05) is 19.6 Å². The third kappa shape index (κ3) is 6.00. The molecule has 0 unspecified atom stereocenters. The molecule has 0 aromatic carbocycles.